The quantitative estimate of drug-likeness (QED) is 0.600. The third-order valence-electron chi connectivity index (χ3n) is 0.451. The topological polar surface area (TPSA) is 83.8 Å². The van der Waals surface area contributed by atoms with Gasteiger partial charge in [0.25, 0.3) is 0 Å². The molecule has 0 radical (unpaired) electrons. The SMILES string of the molecule is Cl.O=C(O)COCC(=O)O. The minimum Gasteiger partial charge on any atom is -0.480 e. The molecule has 60 valence electrons. The molecular weight excluding hydrogens is 163 g/mol. The number of carboxylic acid groups (broad SMARTS) is 2. The smallest absolute Gasteiger partial charge is 0.329 e. The van der Waals surface area contributed by atoms with Crippen LogP contribution < -0.4 is 0 Å². The van der Waals surface area contributed by atoms with Crippen molar-refractivity contribution < 1.29 is 24.5 Å². The number of hydrogen-bond donors (Lipinski definition) is 2. The van der Waals surface area contributed by atoms with Crippen LogP contribution in [0.4, 0.5) is 0 Å². The molecule has 0 aromatic heterocycles. The largest absolute Gasteiger partial charge is 0.480 e. The zero-order valence-corrected chi connectivity index (χ0v) is 5.76. The first-order chi connectivity index (χ1) is 4.13. The molecule has 0 aliphatic carbocycles. The maximum absolute atomic E-state index is 9.66. The Labute approximate surface area is 63.0 Å². The van der Waals surface area contributed by atoms with E-state index in [1.54, 1.807) is 0 Å². The van der Waals surface area contributed by atoms with E-state index in [1.165, 1.54) is 0 Å². The molecule has 0 fully saturated rings. The fourth-order valence-electron chi connectivity index (χ4n) is 0.226. The van der Waals surface area contributed by atoms with Crippen LogP contribution in [0.5, 0.6) is 0 Å². The predicted octanol–water partition coefficient (Wildman–Crippen LogP) is -0.406. The molecule has 0 aliphatic heterocycles. The lowest BCUT2D eigenvalue weighted by Gasteiger charge is -1.92. The molecule has 10 heavy (non-hydrogen) atoms. The van der Waals surface area contributed by atoms with Crippen molar-refractivity contribution in [3.05, 3.63) is 0 Å². The highest BCUT2D eigenvalue weighted by Gasteiger charge is 1.98. The summed E-state index contributed by atoms with van der Waals surface area (Å²) in [6.45, 7) is -1.13. The minimum atomic E-state index is -1.17. The number of ether oxygens (including phenoxy) is 1. The van der Waals surface area contributed by atoms with Crippen LogP contribution in [0.1, 0.15) is 0 Å². The van der Waals surface area contributed by atoms with Gasteiger partial charge in [-0.3, -0.25) is 0 Å². The van der Waals surface area contributed by atoms with Crippen LogP contribution in [0, 0.1) is 0 Å². The summed E-state index contributed by atoms with van der Waals surface area (Å²) < 4.78 is 4.16. The molecule has 0 aromatic carbocycles. The summed E-state index contributed by atoms with van der Waals surface area (Å²) in [7, 11) is 0. The van der Waals surface area contributed by atoms with Gasteiger partial charge in [-0.05, 0) is 0 Å². The first-order valence-electron chi connectivity index (χ1n) is 2.14. The van der Waals surface area contributed by atoms with Crippen molar-refractivity contribution in [2.24, 2.45) is 0 Å². The molecule has 0 unspecified atom stereocenters. The van der Waals surface area contributed by atoms with E-state index in [9.17, 15) is 9.59 Å². The number of carboxylic acids is 2. The second-order valence-corrected chi connectivity index (χ2v) is 1.28. The van der Waals surface area contributed by atoms with Crippen LogP contribution >= 0.6 is 12.4 Å². The number of aliphatic carboxylic acids is 2. The van der Waals surface area contributed by atoms with Crippen LogP contribution in [-0.2, 0) is 14.3 Å². The van der Waals surface area contributed by atoms with Crippen molar-refractivity contribution in [1.82, 2.24) is 0 Å². The summed E-state index contributed by atoms with van der Waals surface area (Å²) >= 11 is 0. The van der Waals surface area contributed by atoms with Crippen molar-refractivity contribution in [1.29, 1.82) is 0 Å². The molecule has 5 nitrogen and oxygen atoms in total. The Balaban J connectivity index is 0. The third kappa shape index (κ3) is 10.2. The Morgan fingerprint density at radius 2 is 1.40 bits per heavy atom. The van der Waals surface area contributed by atoms with Gasteiger partial charge in [0, 0.05) is 0 Å². The fourth-order valence-corrected chi connectivity index (χ4v) is 0.226. The Bertz CT molecular complexity index is 109. The lowest BCUT2D eigenvalue weighted by Crippen LogP contribution is -2.13. The first-order valence-corrected chi connectivity index (χ1v) is 2.14. The maximum atomic E-state index is 9.66. The molecule has 0 spiro atoms. The number of rotatable bonds is 4. The van der Waals surface area contributed by atoms with Crippen molar-refractivity contribution in [3.8, 4) is 0 Å². The van der Waals surface area contributed by atoms with E-state index in [-0.39, 0.29) is 12.4 Å². The number of halogens is 1. The summed E-state index contributed by atoms with van der Waals surface area (Å²) in [5.41, 5.74) is 0. The minimum absolute atomic E-state index is 0. The van der Waals surface area contributed by atoms with Crippen LogP contribution in [0.3, 0.4) is 0 Å². The summed E-state index contributed by atoms with van der Waals surface area (Å²) in [5.74, 6) is -2.34. The monoisotopic (exact) mass is 170 g/mol. The summed E-state index contributed by atoms with van der Waals surface area (Å²) in [4.78, 5) is 19.3. The Morgan fingerprint density at radius 3 is 1.60 bits per heavy atom. The van der Waals surface area contributed by atoms with Gasteiger partial charge in [0.1, 0.15) is 13.2 Å². The predicted molar refractivity (Wildman–Crippen MR) is 33.3 cm³/mol. The van der Waals surface area contributed by atoms with E-state index in [4.69, 9.17) is 10.2 Å². The zero-order valence-electron chi connectivity index (χ0n) is 4.94. The van der Waals surface area contributed by atoms with E-state index in [0.29, 0.717) is 0 Å². The van der Waals surface area contributed by atoms with E-state index in [0.717, 1.165) is 0 Å². The van der Waals surface area contributed by atoms with Crippen molar-refractivity contribution in [2.75, 3.05) is 13.2 Å². The molecule has 0 atom stereocenters. The second kappa shape index (κ2) is 6.31. The zero-order chi connectivity index (χ0) is 7.28. The maximum Gasteiger partial charge on any atom is 0.329 e. The van der Waals surface area contributed by atoms with Crippen molar-refractivity contribution in [3.63, 3.8) is 0 Å². The van der Waals surface area contributed by atoms with Crippen LogP contribution in [0.25, 0.3) is 0 Å². The summed E-state index contributed by atoms with van der Waals surface area (Å²) in [5, 5.41) is 15.8. The summed E-state index contributed by atoms with van der Waals surface area (Å²) in [6.07, 6.45) is 0. The van der Waals surface area contributed by atoms with Gasteiger partial charge in [0.05, 0.1) is 0 Å². The van der Waals surface area contributed by atoms with Crippen LogP contribution in [0.2, 0.25) is 0 Å². The van der Waals surface area contributed by atoms with Gasteiger partial charge < -0.3 is 14.9 Å². The number of carbonyl (C=O) groups is 2. The lowest BCUT2D eigenvalue weighted by atomic mass is 10.7. The highest BCUT2D eigenvalue weighted by molar-refractivity contribution is 5.85. The Hall–Kier alpha value is -0.810. The van der Waals surface area contributed by atoms with Crippen molar-refractivity contribution >= 4 is 24.3 Å². The van der Waals surface area contributed by atoms with E-state index in [1.807, 2.05) is 0 Å². The van der Waals surface area contributed by atoms with Gasteiger partial charge in [-0.1, -0.05) is 0 Å². The molecule has 0 bridgehead atoms. The fraction of sp³-hybridized carbons (Fsp3) is 0.500. The second-order valence-electron chi connectivity index (χ2n) is 1.28. The molecule has 2 N–H and O–H groups in total. The van der Waals surface area contributed by atoms with Gasteiger partial charge in [-0.25, -0.2) is 9.59 Å². The van der Waals surface area contributed by atoms with Crippen LogP contribution in [-0.4, -0.2) is 35.4 Å². The standard InChI is InChI=1S/C4H6O5.ClH/c5-3(6)1-9-2-4(7)8;/h1-2H2,(H,5,6)(H,7,8);1H. The molecule has 0 saturated heterocycles. The highest BCUT2D eigenvalue weighted by atomic mass is 35.5. The van der Waals surface area contributed by atoms with E-state index >= 15 is 0 Å². The lowest BCUT2D eigenvalue weighted by molar-refractivity contribution is -0.148. The molecule has 0 amide bonds. The summed E-state index contributed by atoms with van der Waals surface area (Å²) in [6, 6.07) is 0. The van der Waals surface area contributed by atoms with Gasteiger partial charge >= 0.3 is 11.9 Å². The molecule has 0 rings (SSSR count). The van der Waals surface area contributed by atoms with Crippen LogP contribution in [0.15, 0.2) is 0 Å². The molecule has 6 heteroatoms. The van der Waals surface area contributed by atoms with Gasteiger partial charge in [-0.2, -0.15) is 0 Å². The van der Waals surface area contributed by atoms with Crippen molar-refractivity contribution in [2.45, 2.75) is 0 Å². The molecule has 0 aromatic rings. The Kier molecular flexibility index (Phi) is 7.53. The number of hydrogen-bond acceptors (Lipinski definition) is 3. The highest BCUT2D eigenvalue weighted by Crippen LogP contribution is 1.73. The average molecular weight is 171 g/mol. The normalized spacial score (nSPS) is 8.00. The molecular formula is C4H7ClO5. The molecule has 0 aliphatic rings. The molecule has 0 saturated carbocycles. The van der Waals surface area contributed by atoms with E-state index < -0.39 is 25.2 Å². The van der Waals surface area contributed by atoms with Gasteiger partial charge in [-0.15, -0.1) is 12.4 Å². The van der Waals surface area contributed by atoms with E-state index in [2.05, 4.69) is 4.74 Å². The van der Waals surface area contributed by atoms with Gasteiger partial charge in [0.15, 0.2) is 0 Å². The first kappa shape index (κ1) is 11.9. The molecule has 0 heterocycles. The average Bonchev–Trinajstić information content (AvgIpc) is 1.63. The van der Waals surface area contributed by atoms with Gasteiger partial charge in [0.2, 0.25) is 0 Å². The third-order valence-corrected chi connectivity index (χ3v) is 0.451. The Morgan fingerprint density at radius 1 is 1.10 bits per heavy atom.